The van der Waals surface area contributed by atoms with Crippen molar-refractivity contribution in [1.82, 2.24) is 0 Å². The van der Waals surface area contributed by atoms with Crippen molar-refractivity contribution in [3.05, 3.63) is 29.6 Å². The quantitative estimate of drug-likeness (QED) is 0.776. The summed E-state index contributed by atoms with van der Waals surface area (Å²) in [6, 6.07) is 4.94. The average Bonchev–Trinajstić information content (AvgIpc) is 2.17. The van der Waals surface area contributed by atoms with Crippen LogP contribution in [0.2, 0.25) is 0 Å². The van der Waals surface area contributed by atoms with Gasteiger partial charge in [0.15, 0.2) is 0 Å². The van der Waals surface area contributed by atoms with Crippen molar-refractivity contribution in [2.45, 2.75) is 30.7 Å². The Labute approximate surface area is 88.9 Å². The number of hydrogen-bond donors (Lipinski definition) is 1. The van der Waals surface area contributed by atoms with Crippen LogP contribution in [0.25, 0.3) is 0 Å². The van der Waals surface area contributed by atoms with E-state index < -0.39 is 0 Å². The Morgan fingerprint density at radius 1 is 1.50 bits per heavy atom. The van der Waals surface area contributed by atoms with Gasteiger partial charge in [0.05, 0.1) is 0 Å². The Hall–Kier alpha value is -0.540. The minimum absolute atomic E-state index is 0.177. The molecule has 0 aliphatic carbocycles. The third-order valence-corrected chi connectivity index (χ3v) is 3.00. The molecule has 0 spiro atoms. The van der Waals surface area contributed by atoms with Gasteiger partial charge >= 0.3 is 0 Å². The standard InChI is InChI=1S/C11H16FNS/c1-3-5-9(13)11-8(12)6-4-7-10(11)14-2/h4,6-7,9H,3,5,13H2,1-2H3/t9-/m1/s1. The minimum atomic E-state index is -0.183. The largest absolute Gasteiger partial charge is 0.324 e. The molecule has 1 aromatic carbocycles. The van der Waals surface area contributed by atoms with Gasteiger partial charge in [-0.15, -0.1) is 11.8 Å². The maximum atomic E-state index is 13.5. The Balaban J connectivity index is 3.03. The SMILES string of the molecule is CCC[C@@H](N)c1c(F)cccc1SC. The van der Waals surface area contributed by atoms with Gasteiger partial charge < -0.3 is 5.73 Å². The minimum Gasteiger partial charge on any atom is -0.324 e. The van der Waals surface area contributed by atoms with Crippen LogP contribution in [0.5, 0.6) is 0 Å². The lowest BCUT2D eigenvalue weighted by Crippen LogP contribution is -2.12. The normalized spacial score (nSPS) is 12.9. The van der Waals surface area contributed by atoms with Crippen LogP contribution in [0.15, 0.2) is 23.1 Å². The molecule has 0 fully saturated rings. The van der Waals surface area contributed by atoms with Crippen LogP contribution in [0.1, 0.15) is 31.4 Å². The first-order valence-electron chi connectivity index (χ1n) is 4.78. The van der Waals surface area contributed by atoms with E-state index in [2.05, 4.69) is 6.92 Å². The summed E-state index contributed by atoms with van der Waals surface area (Å²) in [6.07, 6.45) is 3.74. The zero-order valence-corrected chi connectivity index (χ0v) is 9.40. The summed E-state index contributed by atoms with van der Waals surface area (Å²) >= 11 is 1.54. The van der Waals surface area contributed by atoms with Gasteiger partial charge in [0.2, 0.25) is 0 Å². The van der Waals surface area contributed by atoms with E-state index in [1.165, 1.54) is 6.07 Å². The van der Waals surface area contributed by atoms with E-state index in [9.17, 15) is 4.39 Å². The second kappa shape index (κ2) is 5.37. The predicted octanol–water partition coefficient (Wildman–Crippen LogP) is 3.35. The van der Waals surface area contributed by atoms with E-state index in [0.717, 1.165) is 17.7 Å². The molecule has 78 valence electrons. The third-order valence-electron chi connectivity index (χ3n) is 2.20. The van der Waals surface area contributed by atoms with Gasteiger partial charge in [0, 0.05) is 16.5 Å². The number of halogens is 1. The fraction of sp³-hybridized carbons (Fsp3) is 0.455. The van der Waals surface area contributed by atoms with Crippen LogP contribution in [-0.4, -0.2) is 6.26 Å². The molecule has 3 heteroatoms. The van der Waals surface area contributed by atoms with Crippen molar-refractivity contribution in [1.29, 1.82) is 0 Å². The Bertz CT molecular complexity index is 301. The zero-order valence-electron chi connectivity index (χ0n) is 8.59. The van der Waals surface area contributed by atoms with Gasteiger partial charge in [-0.1, -0.05) is 19.4 Å². The van der Waals surface area contributed by atoms with E-state index in [0.29, 0.717) is 5.56 Å². The van der Waals surface area contributed by atoms with E-state index in [4.69, 9.17) is 5.73 Å². The van der Waals surface area contributed by atoms with E-state index in [-0.39, 0.29) is 11.9 Å². The smallest absolute Gasteiger partial charge is 0.129 e. The molecule has 0 radical (unpaired) electrons. The summed E-state index contributed by atoms with van der Waals surface area (Å²) in [5, 5.41) is 0. The first kappa shape index (κ1) is 11.5. The number of hydrogen-bond acceptors (Lipinski definition) is 2. The fourth-order valence-corrected chi connectivity index (χ4v) is 2.19. The second-order valence-corrected chi connectivity index (χ2v) is 4.10. The maximum absolute atomic E-state index is 13.5. The first-order valence-corrected chi connectivity index (χ1v) is 6.01. The van der Waals surface area contributed by atoms with Crippen LogP contribution >= 0.6 is 11.8 Å². The molecule has 0 saturated carbocycles. The van der Waals surface area contributed by atoms with Crippen molar-refractivity contribution in [3.8, 4) is 0 Å². The highest BCUT2D eigenvalue weighted by molar-refractivity contribution is 7.98. The number of thioether (sulfide) groups is 1. The van der Waals surface area contributed by atoms with E-state index in [1.54, 1.807) is 17.8 Å². The first-order chi connectivity index (χ1) is 6.70. The van der Waals surface area contributed by atoms with E-state index in [1.807, 2.05) is 12.3 Å². The third kappa shape index (κ3) is 2.49. The van der Waals surface area contributed by atoms with Gasteiger partial charge in [-0.25, -0.2) is 4.39 Å². The van der Waals surface area contributed by atoms with Gasteiger partial charge in [0.1, 0.15) is 5.82 Å². The molecule has 14 heavy (non-hydrogen) atoms. The van der Waals surface area contributed by atoms with Crippen LogP contribution in [0.4, 0.5) is 4.39 Å². The molecular formula is C11H16FNS. The lowest BCUT2D eigenvalue weighted by atomic mass is 10.0. The molecule has 1 nitrogen and oxygen atoms in total. The van der Waals surface area contributed by atoms with Gasteiger partial charge in [-0.05, 0) is 24.8 Å². The van der Waals surface area contributed by atoms with Crippen molar-refractivity contribution in [2.24, 2.45) is 5.73 Å². The summed E-state index contributed by atoms with van der Waals surface area (Å²) in [5.41, 5.74) is 6.60. The molecule has 2 N–H and O–H groups in total. The lowest BCUT2D eigenvalue weighted by molar-refractivity contribution is 0.550. The molecule has 0 heterocycles. The molecule has 0 amide bonds. The molecule has 0 bridgehead atoms. The lowest BCUT2D eigenvalue weighted by Gasteiger charge is -2.15. The summed E-state index contributed by atoms with van der Waals surface area (Å²) in [6.45, 7) is 2.06. The molecule has 1 rings (SSSR count). The van der Waals surface area contributed by atoms with Crippen LogP contribution in [0.3, 0.4) is 0 Å². The Morgan fingerprint density at radius 3 is 2.79 bits per heavy atom. The summed E-state index contributed by atoms with van der Waals surface area (Å²) < 4.78 is 13.5. The van der Waals surface area contributed by atoms with Crippen molar-refractivity contribution in [3.63, 3.8) is 0 Å². The molecule has 0 aliphatic rings. The molecule has 0 aliphatic heterocycles. The van der Waals surface area contributed by atoms with Crippen LogP contribution in [0, 0.1) is 5.82 Å². The summed E-state index contributed by atoms with van der Waals surface area (Å²) in [4.78, 5) is 0.950. The van der Waals surface area contributed by atoms with Gasteiger partial charge in [0.25, 0.3) is 0 Å². The van der Waals surface area contributed by atoms with Gasteiger partial charge in [-0.3, -0.25) is 0 Å². The second-order valence-electron chi connectivity index (χ2n) is 3.25. The highest BCUT2D eigenvalue weighted by Crippen LogP contribution is 2.29. The van der Waals surface area contributed by atoms with E-state index >= 15 is 0 Å². The van der Waals surface area contributed by atoms with Crippen molar-refractivity contribution < 1.29 is 4.39 Å². The van der Waals surface area contributed by atoms with Crippen molar-refractivity contribution in [2.75, 3.05) is 6.26 Å². The molecule has 0 saturated heterocycles. The maximum Gasteiger partial charge on any atom is 0.129 e. The molecule has 1 atom stereocenters. The fourth-order valence-electron chi connectivity index (χ4n) is 1.51. The number of rotatable bonds is 4. The summed E-state index contributed by atoms with van der Waals surface area (Å²) in [7, 11) is 0. The van der Waals surface area contributed by atoms with Crippen molar-refractivity contribution >= 4 is 11.8 Å². The predicted molar refractivity (Wildman–Crippen MR) is 60.0 cm³/mol. The topological polar surface area (TPSA) is 26.0 Å². The number of nitrogens with two attached hydrogens (primary N) is 1. The highest BCUT2D eigenvalue weighted by Gasteiger charge is 2.14. The average molecular weight is 213 g/mol. The number of benzene rings is 1. The summed E-state index contributed by atoms with van der Waals surface area (Å²) in [5.74, 6) is -0.183. The molecule has 0 unspecified atom stereocenters. The highest BCUT2D eigenvalue weighted by atomic mass is 32.2. The monoisotopic (exact) mass is 213 g/mol. The van der Waals surface area contributed by atoms with Gasteiger partial charge in [-0.2, -0.15) is 0 Å². The Kier molecular flexibility index (Phi) is 4.42. The Morgan fingerprint density at radius 2 is 2.21 bits per heavy atom. The van der Waals surface area contributed by atoms with Crippen LogP contribution < -0.4 is 5.73 Å². The zero-order chi connectivity index (χ0) is 10.6. The molecular weight excluding hydrogens is 197 g/mol. The molecule has 0 aromatic heterocycles. The molecule has 1 aromatic rings. The van der Waals surface area contributed by atoms with Crippen LogP contribution in [-0.2, 0) is 0 Å².